The lowest BCUT2D eigenvalue weighted by atomic mass is 9.97. The minimum Gasteiger partial charge on any atom is -0.320 e. The van der Waals surface area contributed by atoms with Crippen molar-refractivity contribution in [3.8, 4) is 11.1 Å². The van der Waals surface area contributed by atoms with Crippen molar-refractivity contribution in [3.63, 3.8) is 0 Å². The van der Waals surface area contributed by atoms with E-state index in [1.54, 1.807) is 23.1 Å². The van der Waals surface area contributed by atoms with Gasteiger partial charge >= 0.3 is 0 Å². The van der Waals surface area contributed by atoms with Crippen molar-refractivity contribution in [2.24, 2.45) is 7.05 Å². The van der Waals surface area contributed by atoms with Crippen LogP contribution < -0.4 is 5.56 Å². The first-order valence-electron chi connectivity index (χ1n) is 7.73. The van der Waals surface area contributed by atoms with Crippen LogP contribution in [0.4, 0.5) is 4.39 Å². The second-order valence-corrected chi connectivity index (χ2v) is 6.00. The molecule has 2 N–H and O–H groups in total. The summed E-state index contributed by atoms with van der Waals surface area (Å²) in [6, 6.07) is 8.49. The summed E-state index contributed by atoms with van der Waals surface area (Å²) in [6.45, 7) is 0. The van der Waals surface area contributed by atoms with E-state index in [0.29, 0.717) is 16.4 Å². The highest BCUT2D eigenvalue weighted by Crippen LogP contribution is 2.34. The average Bonchev–Trinajstić information content (AvgIpc) is 3.22. The van der Waals surface area contributed by atoms with Gasteiger partial charge in [-0.1, -0.05) is 18.2 Å². The summed E-state index contributed by atoms with van der Waals surface area (Å²) in [5.74, 6) is -0.376. The third-order valence-corrected chi connectivity index (χ3v) is 4.57. The number of aromatic nitrogens is 5. The van der Waals surface area contributed by atoms with Crippen LogP contribution in [0.2, 0.25) is 0 Å². The van der Waals surface area contributed by atoms with E-state index in [1.807, 2.05) is 19.2 Å². The van der Waals surface area contributed by atoms with Gasteiger partial charge in [0.15, 0.2) is 0 Å². The summed E-state index contributed by atoms with van der Waals surface area (Å²) in [4.78, 5) is 15.2. The Kier molecular flexibility index (Phi) is 2.65. The lowest BCUT2D eigenvalue weighted by Gasteiger charge is -2.09. The van der Waals surface area contributed by atoms with Gasteiger partial charge in [0, 0.05) is 29.3 Å². The molecular formula is C18H12FN5O. The second kappa shape index (κ2) is 4.76. The predicted octanol–water partition coefficient (Wildman–Crippen LogP) is 3.10. The number of nitrogens with one attached hydrogen (secondary N) is 2. The molecule has 3 heterocycles. The fourth-order valence-electron chi connectivity index (χ4n) is 3.45. The first-order chi connectivity index (χ1) is 12.1. The Balaban J connectivity index is 1.98. The molecule has 0 aliphatic rings. The minimum atomic E-state index is -0.376. The Hall–Kier alpha value is -3.48. The van der Waals surface area contributed by atoms with E-state index < -0.39 is 0 Å². The number of rotatable bonds is 1. The highest BCUT2D eigenvalue weighted by atomic mass is 19.1. The number of aromatic amines is 2. The zero-order valence-electron chi connectivity index (χ0n) is 13.2. The van der Waals surface area contributed by atoms with Crippen LogP contribution >= 0.6 is 0 Å². The molecule has 0 spiro atoms. The van der Waals surface area contributed by atoms with E-state index in [0.717, 1.165) is 27.4 Å². The molecule has 0 atom stereocenters. The van der Waals surface area contributed by atoms with Crippen molar-refractivity contribution in [3.05, 3.63) is 58.9 Å². The van der Waals surface area contributed by atoms with Crippen LogP contribution in [-0.4, -0.2) is 25.0 Å². The predicted molar refractivity (Wildman–Crippen MR) is 93.9 cm³/mol. The summed E-state index contributed by atoms with van der Waals surface area (Å²) in [5, 5.41) is 13.3. The van der Waals surface area contributed by atoms with Crippen molar-refractivity contribution in [1.29, 1.82) is 0 Å². The molecule has 0 saturated carbocycles. The molecule has 0 unspecified atom stereocenters. The van der Waals surface area contributed by atoms with E-state index in [2.05, 4.69) is 20.3 Å². The number of nitrogens with zero attached hydrogens (tertiary/aromatic N) is 3. The topological polar surface area (TPSA) is 79.4 Å². The van der Waals surface area contributed by atoms with Crippen molar-refractivity contribution in [2.75, 3.05) is 0 Å². The zero-order chi connectivity index (χ0) is 17.1. The van der Waals surface area contributed by atoms with Crippen LogP contribution in [0, 0.1) is 5.82 Å². The number of benzene rings is 2. The minimum absolute atomic E-state index is 0.225. The molecule has 0 aliphatic carbocycles. The molecule has 3 aromatic heterocycles. The normalized spacial score (nSPS) is 11.8. The van der Waals surface area contributed by atoms with Gasteiger partial charge in [0.2, 0.25) is 5.56 Å². The maximum Gasteiger partial charge on any atom is 0.249 e. The monoisotopic (exact) mass is 333 g/mol. The SMILES string of the molecule is Cn1ncc2ccc3c(-c4ccc(F)c5[nH]ncc45)cc(=O)[nH]c3c21. The summed E-state index contributed by atoms with van der Waals surface area (Å²) < 4.78 is 15.7. The molecule has 6 nitrogen and oxygen atoms in total. The van der Waals surface area contributed by atoms with Crippen LogP contribution in [-0.2, 0) is 7.05 Å². The van der Waals surface area contributed by atoms with Crippen molar-refractivity contribution >= 4 is 32.7 Å². The number of H-pyrrole nitrogens is 2. The molecule has 2 aromatic carbocycles. The van der Waals surface area contributed by atoms with Gasteiger partial charge in [0.25, 0.3) is 0 Å². The van der Waals surface area contributed by atoms with E-state index in [9.17, 15) is 9.18 Å². The van der Waals surface area contributed by atoms with E-state index >= 15 is 0 Å². The smallest absolute Gasteiger partial charge is 0.249 e. The molecule has 0 radical (unpaired) electrons. The second-order valence-electron chi connectivity index (χ2n) is 6.00. The first kappa shape index (κ1) is 13.9. The fraction of sp³-hybridized carbons (Fsp3) is 0.0556. The summed E-state index contributed by atoms with van der Waals surface area (Å²) in [5.41, 5.74) is 3.14. The largest absolute Gasteiger partial charge is 0.320 e. The lowest BCUT2D eigenvalue weighted by molar-refractivity contribution is 0.636. The quantitative estimate of drug-likeness (QED) is 0.495. The number of halogens is 1. The van der Waals surface area contributed by atoms with Crippen LogP contribution in [0.15, 0.2) is 47.5 Å². The van der Waals surface area contributed by atoms with E-state index in [-0.39, 0.29) is 11.4 Å². The Morgan fingerprint density at radius 3 is 2.80 bits per heavy atom. The third-order valence-electron chi connectivity index (χ3n) is 4.57. The van der Waals surface area contributed by atoms with Gasteiger partial charge in [-0.15, -0.1) is 0 Å². The Morgan fingerprint density at radius 2 is 1.92 bits per heavy atom. The molecule has 0 saturated heterocycles. The van der Waals surface area contributed by atoms with Gasteiger partial charge in [0.05, 0.1) is 23.4 Å². The molecule has 0 amide bonds. The maximum absolute atomic E-state index is 14.0. The molecular weight excluding hydrogens is 321 g/mol. The summed E-state index contributed by atoms with van der Waals surface area (Å²) in [7, 11) is 1.83. The van der Waals surface area contributed by atoms with Crippen LogP contribution in [0.5, 0.6) is 0 Å². The van der Waals surface area contributed by atoms with Gasteiger partial charge < -0.3 is 4.98 Å². The summed E-state index contributed by atoms with van der Waals surface area (Å²) >= 11 is 0. The maximum atomic E-state index is 14.0. The highest BCUT2D eigenvalue weighted by molar-refractivity contribution is 6.11. The van der Waals surface area contributed by atoms with E-state index in [1.165, 1.54) is 12.1 Å². The van der Waals surface area contributed by atoms with Gasteiger partial charge in [-0.2, -0.15) is 10.2 Å². The van der Waals surface area contributed by atoms with Gasteiger partial charge in [0.1, 0.15) is 11.3 Å². The summed E-state index contributed by atoms with van der Waals surface area (Å²) in [6.07, 6.45) is 3.33. The van der Waals surface area contributed by atoms with Crippen molar-refractivity contribution in [2.45, 2.75) is 0 Å². The van der Waals surface area contributed by atoms with Crippen LogP contribution in [0.3, 0.4) is 0 Å². The van der Waals surface area contributed by atoms with E-state index in [4.69, 9.17) is 0 Å². The molecule has 122 valence electrons. The van der Waals surface area contributed by atoms with Crippen LogP contribution in [0.25, 0.3) is 43.8 Å². The molecule has 0 aliphatic heterocycles. The third kappa shape index (κ3) is 1.86. The number of pyridine rings is 1. The van der Waals surface area contributed by atoms with Crippen molar-refractivity contribution in [1.82, 2.24) is 25.0 Å². The van der Waals surface area contributed by atoms with Crippen LogP contribution in [0.1, 0.15) is 0 Å². The van der Waals surface area contributed by atoms with Gasteiger partial charge in [-0.05, 0) is 17.2 Å². The standard InChI is InChI=1S/C18H12FN5O/c1-24-18-9(7-21-24)2-3-11-12(6-15(25)22-17(11)18)10-4-5-14(19)16-13(10)8-20-23-16/h2-8H,1H3,(H,20,23)(H,22,25). The highest BCUT2D eigenvalue weighted by Gasteiger charge is 2.15. The Bertz CT molecular complexity index is 1340. The molecule has 25 heavy (non-hydrogen) atoms. The lowest BCUT2D eigenvalue weighted by Crippen LogP contribution is -2.06. The Labute approximate surface area is 139 Å². The number of hydrogen-bond donors (Lipinski definition) is 2. The number of fused-ring (bicyclic) bond motifs is 4. The average molecular weight is 333 g/mol. The molecule has 7 heteroatoms. The zero-order valence-corrected chi connectivity index (χ0v) is 13.2. The number of aryl methyl sites for hydroxylation is 1. The molecule has 5 aromatic rings. The first-order valence-corrected chi connectivity index (χ1v) is 7.73. The van der Waals surface area contributed by atoms with Gasteiger partial charge in [-0.25, -0.2) is 4.39 Å². The van der Waals surface area contributed by atoms with Crippen molar-refractivity contribution < 1.29 is 4.39 Å². The number of hydrogen-bond acceptors (Lipinski definition) is 3. The fourth-order valence-corrected chi connectivity index (χ4v) is 3.45. The Morgan fingerprint density at radius 1 is 1.04 bits per heavy atom. The van der Waals surface area contributed by atoms with Gasteiger partial charge in [-0.3, -0.25) is 14.6 Å². The molecule has 5 rings (SSSR count). The molecule has 0 bridgehead atoms. The molecule has 0 fully saturated rings.